The zero-order valence-electron chi connectivity index (χ0n) is 15.5. The molecule has 2 fully saturated rings. The molecule has 2 aromatic rings. The predicted molar refractivity (Wildman–Crippen MR) is 102 cm³/mol. The molecule has 0 unspecified atom stereocenters. The maximum atomic E-state index is 12.5. The Morgan fingerprint density at radius 3 is 2.59 bits per heavy atom. The molecule has 1 aromatic carbocycles. The normalized spacial score (nSPS) is 20.4. The molecule has 0 spiro atoms. The molecule has 142 valence electrons. The van der Waals surface area contributed by atoms with Crippen LogP contribution in [0.3, 0.4) is 0 Å². The molecule has 6 heteroatoms. The van der Waals surface area contributed by atoms with Crippen LogP contribution in [0.4, 0.5) is 0 Å². The van der Waals surface area contributed by atoms with Gasteiger partial charge in [-0.3, -0.25) is 14.3 Å². The second kappa shape index (κ2) is 7.94. The highest BCUT2D eigenvalue weighted by Crippen LogP contribution is 2.29. The number of rotatable bonds is 6. The first-order valence-corrected chi connectivity index (χ1v) is 9.81. The van der Waals surface area contributed by atoms with Crippen LogP contribution in [0.25, 0.3) is 0 Å². The SMILES string of the molecule is O=C(NCc1ccc(Cn2cccn2)cc1)[C@H]1CC(=O)N(C2CCCC2)C1. The number of hydrogen-bond donors (Lipinski definition) is 1. The summed E-state index contributed by atoms with van der Waals surface area (Å²) in [4.78, 5) is 26.7. The van der Waals surface area contributed by atoms with Crippen molar-refractivity contribution in [3.05, 3.63) is 53.9 Å². The van der Waals surface area contributed by atoms with Crippen LogP contribution in [-0.4, -0.2) is 39.1 Å². The van der Waals surface area contributed by atoms with Crippen molar-refractivity contribution in [2.24, 2.45) is 5.92 Å². The lowest BCUT2D eigenvalue weighted by Gasteiger charge is -2.23. The van der Waals surface area contributed by atoms with Gasteiger partial charge in [0.25, 0.3) is 0 Å². The Hall–Kier alpha value is -2.63. The van der Waals surface area contributed by atoms with Gasteiger partial charge in [0.15, 0.2) is 0 Å². The van der Waals surface area contributed by atoms with Crippen molar-refractivity contribution in [3.8, 4) is 0 Å². The van der Waals surface area contributed by atoms with Crippen LogP contribution in [0, 0.1) is 5.92 Å². The van der Waals surface area contributed by atoms with Gasteiger partial charge >= 0.3 is 0 Å². The van der Waals surface area contributed by atoms with E-state index in [-0.39, 0.29) is 17.7 Å². The Bertz CT molecular complexity index is 779. The smallest absolute Gasteiger partial charge is 0.225 e. The van der Waals surface area contributed by atoms with Gasteiger partial charge < -0.3 is 10.2 Å². The van der Waals surface area contributed by atoms with Crippen LogP contribution in [0.5, 0.6) is 0 Å². The number of amides is 2. The third-order valence-electron chi connectivity index (χ3n) is 5.69. The van der Waals surface area contributed by atoms with E-state index >= 15 is 0 Å². The summed E-state index contributed by atoms with van der Waals surface area (Å²) in [5.41, 5.74) is 2.23. The maximum absolute atomic E-state index is 12.5. The Balaban J connectivity index is 1.27. The standard InChI is InChI=1S/C21H26N4O2/c26-20-12-18(15-25(20)19-4-1-2-5-19)21(27)22-13-16-6-8-17(9-7-16)14-24-11-3-10-23-24/h3,6-11,18-19H,1-2,4-5,12-15H2,(H,22,27)/t18-/m0/s1. The molecule has 1 saturated heterocycles. The zero-order valence-corrected chi connectivity index (χ0v) is 15.5. The van der Waals surface area contributed by atoms with Gasteiger partial charge in [0.05, 0.1) is 12.5 Å². The lowest BCUT2D eigenvalue weighted by Crippen LogP contribution is -2.36. The largest absolute Gasteiger partial charge is 0.352 e. The summed E-state index contributed by atoms with van der Waals surface area (Å²) in [6.07, 6.45) is 8.63. The van der Waals surface area contributed by atoms with E-state index < -0.39 is 0 Å². The first kappa shape index (κ1) is 17.8. The van der Waals surface area contributed by atoms with Crippen molar-refractivity contribution in [2.45, 2.75) is 51.2 Å². The van der Waals surface area contributed by atoms with Crippen molar-refractivity contribution < 1.29 is 9.59 Å². The second-order valence-corrected chi connectivity index (χ2v) is 7.62. The minimum Gasteiger partial charge on any atom is -0.352 e. The zero-order chi connectivity index (χ0) is 18.6. The van der Waals surface area contributed by atoms with E-state index in [0.29, 0.717) is 25.6 Å². The molecule has 1 aromatic heterocycles. The molecule has 1 aliphatic heterocycles. The summed E-state index contributed by atoms with van der Waals surface area (Å²) < 4.78 is 1.88. The molecule has 1 aliphatic carbocycles. The molecule has 2 heterocycles. The quantitative estimate of drug-likeness (QED) is 0.853. The molecule has 6 nitrogen and oxygen atoms in total. The highest BCUT2D eigenvalue weighted by molar-refractivity contribution is 5.89. The van der Waals surface area contributed by atoms with Crippen LogP contribution in [0.15, 0.2) is 42.7 Å². The summed E-state index contributed by atoms with van der Waals surface area (Å²) in [5, 5.41) is 7.21. The molecule has 1 N–H and O–H groups in total. The van der Waals surface area contributed by atoms with Gasteiger partial charge in [-0.1, -0.05) is 37.1 Å². The van der Waals surface area contributed by atoms with Gasteiger partial charge in [0, 0.05) is 37.9 Å². The number of likely N-dealkylation sites (tertiary alicyclic amines) is 1. The number of hydrogen-bond acceptors (Lipinski definition) is 3. The molecule has 2 amide bonds. The number of aromatic nitrogens is 2. The van der Waals surface area contributed by atoms with Crippen LogP contribution in [0.1, 0.15) is 43.2 Å². The van der Waals surface area contributed by atoms with Gasteiger partial charge in [0.1, 0.15) is 0 Å². The fourth-order valence-electron chi connectivity index (χ4n) is 4.15. The molecule has 27 heavy (non-hydrogen) atoms. The number of carbonyl (C=O) groups excluding carboxylic acids is 2. The first-order valence-electron chi connectivity index (χ1n) is 9.81. The van der Waals surface area contributed by atoms with Crippen molar-refractivity contribution in [1.29, 1.82) is 0 Å². The minimum absolute atomic E-state index is 0.00976. The summed E-state index contributed by atoms with van der Waals surface area (Å²) in [6.45, 7) is 1.81. The van der Waals surface area contributed by atoms with Crippen molar-refractivity contribution >= 4 is 11.8 Å². The van der Waals surface area contributed by atoms with Gasteiger partial charge in [-0.2, -0.15) is 5.10 Å². The molecule has 1 atom stereocenters. The Labute approximate surface area is 159 Å². The molecule has 4 rings (SSSR count). The van der Waals surface area contributed by atoms with Crippen LogP contribution in [0.2, 0.25) is 0 Å². The van der Waals surface area contributed by atoms with E-state index in [1.54, 1.807) is 6.20 Å². The summed E-state index contributed by atoms with van der Waals surface area (Å²) >= 11 is 0. The van der Waals surface area contributed by atoms with Gasteiger partial charge in [0.2, 0.25) is 11.8 Å². The van der Waals surface area contributed by atoms with Crippen molar-refractivity contribution in [2.75, 3.05) is 6.54 Å². The lowest BCUT2D eigenvalue weighted by molar-refractivity contribution is -0.130. The van der Waals surface area contributed by atoms with Gasteiger partial charge in [-0.25, -0.2) is 0 Å². The molecule has 0 radical (unpaired) electrons. The Kier molecular flexibility index (Phi) is 5.23. The van der Waals surface area contributed by atoms with E-state index in [1.165, 1.54) is 18.4 Å². The minimum atomic E-state index is -0.211. The third-order valence-corrected chi connectivity index (χ3v) is 5.69. The molecule has 2 aliphatic rings. The van der Waals surface area contributed by atoms with E-state index in [4.69, 9.17) is 0 Å². The molecular weight excluding hydrogens is 340 g/mol. The summed E-state index contributed by atoms with van der Waals surface area (Å²) in [5.74, 6) is -0.0772. The van der Waals surface area contributed by atoms with Crippen molar-refractivity contribution in [1.82, 2.24) is 20.0 Å². The predicted octanol–water partition coefficient (Wildman–Crippen LogP) is 2.34. The molecule has 0 bridgehead atoms. The lowest BCUT2D eigenvalue weighted by atomic mass is 10.1. The highest BCUT2D eigenvalue weighted by atomic mass is 16.2. The van der Waals surface area contributed by atoms with Gasteiger partial charge in [-0.05, 0) is 30.0 Å². The van der Waals surface area contributed by atoms with Crippen LogP contribution in [-0.2, 0) is 22.7 Å². The van der Waals surface area contributed by atoms with Crippen LogP contribution >= 0.6 is 0 Å². The molecule has 1 saturated carbocycles. The second-order valence-electron chi connectivity index (χ2n) is 7.62. The number of nitrogens with zero attached hydrogens (tertiary/aromatic N) is 3. The topological polar surface area (TPSA) is 67.2 Å². The fourth-order valence-corrected chi connectivity index (χ4v) is 4.15. The highest BCUT2D eigenvalue weighted by Gasteiger charge is 2.38. The van der Waals surface area contributed by atoms with Crippen LogP contribution < -0.4 is 5.32 Å². The van der Waals surface area contributed by atoms with Gasteiger partial charge in [-0.15, -0.1) is 0 Å². The van der Waals surface area contributed by atoms with Crippen molar-refractivity contribution in [3.63, 3.8) is 0 Å². The molecular formula is C21H26N4O2. The Morgan fingerprint density at radius 1 is 1.15 bits per heavy atom. The van der Waals surface area contributed by atoms with E-state index in [9.17, 15) is 9.59 Å². The average Bonchev–Trinajstić information content (AvgIpc) is 3.42. The Morgan fingerprint density at radius 2 is 1.89 bits per heavy atom. The van der Waals surface area contributed by atoms with E-state index in [2.05, 4.69) is 22.5 Å². The number of carbonyl (C=O) groups is 2. The summed E-state index contributed by atoms with van der Waals surface area (Å²) in [7, 11) is 0. The third kappa shape index (κ3) is 4.21. The number of benzene rings is 1. The summed E-state index contributed by atoms with van der Waals surface area (Å²) in [6, 6.07) is 10.4. The monoisotopic (exact) mass is 366 g/mol. The average molecular weight is 366 g/mol. The number of nitrogens with one attached hydrogen (secondary N) is 1. The van der Waals surface area contributed by atoms with E-state index in [1.807, 2.05) is 34.0 Å². The van der Waals surface area contributed by atoms with E-state index in [0.717, 1.165) is 24.9 Å². The first-order chi connectivity index (χ1) is 13.2. The fraction of sp³-hybridized carbons (Fsp3) is 0.476. The maximum Gasteiger partial charge on any atom is 0.225 e.